The molecule has 1 heterocycles. The van der Waals surface area contributed by atoms with Gasteiger partial charge in [-0.2, -0.15) is 0 Å². The molecule has 1 aliphatic heterocycles. The normalized spacial score (nSPS) is 17.5. The van der Waals surface area contributed by atoms with Crippen LogP contribution in [0.3, 0.4) is 0 Å². The van der Waals surface area contributed by atoms with Crippen molar-refractivity contribution in [2.45, 2.75) is 59.4 Å². The second kappa shape index (κ2) is 8.86. The predicted molar refractivity (Wildman–Crippen MR) is 92.0 cm³/mol. The number of hydrogen-bond acceptors (Lipinski definition) is 2. The Balaban J connectivity index is 2.39. The summed E-state index contributed by atoms with van der Waals surface area (Å²) in [5, 5.41) is 6.77. The number of rotatable bonds is 5. The average Bonchev–Trinajstić information content (AvgIpc) is 2.43. The molecule has 0 unspecified atom stereocenters. The lowest BCUT2D eigenvalue weighted by molar-refractivity contribution is 0.188. The highest BCUT2D eigenvalue weighted by atomic mass is 16.2. The first-order chi connectivity index (χ1) is 10.3. The van der Waals surface area contributed by atoms with Crippen molar-refractivity contribution < 1.29 is 4.79 Å². The monoisotopic (exact) mass is 311 g/mol. The maximum Gasteiger partial charge on any atom is 0.314 e. The third kappa shape index (κ3) is 7.52. The molecule has 2 amide bonds. The number of likely N-dealkylation sites (tertiary alicyclic amines) is 1. The molecular formula is C16H33N5O. The standard InChI is InChI=1S/C16H33N5O/c1-5-18-15(19-10-6-9-16(2,3)4)20-13-7-11-21(12-8-13)14(17)22/h13H,5-12H2,1-4H3,(H2,17,22)(H2,18,19,20). The zero-order valence-electron chi connectivity index (χ0n) is 14.6. The van der Waals surface area contributed by atoms with Gasteiger partial charge < -0.3 is 21.3 Å². The van der Waals surface area contributed by atoms with E-state index in [-0.39, 0.29) is 6.03 Å². The molecule has 0 saturated carbocycles. The second-order valence-electron chi connectivity index (χ2n) is 7.17. The van der Waals surface area contributed by atoms with Crippen molar-refractivity contribution in [3.63, 3.8) is 0 Å². The minimum atomic E-state index is -0.318. The van der Waals surface area contributed by atoms with Gasteiger partial charge >= 0.3 is 6.03 Å². The number of carbonyl (C=O) groups excluding carboxylic acids is 1. The number of amides is 2. The van der Waals surface area contributed by atoms with Crippen LogP contribution in [-0.4, -0.2) is 49.1 Å². The first kappa shape index (κ1) is 18.6. The van der Waals surface area contributed by atoms with E-state index in [0.717, 1.165) is 51.4 Å². The molecule has 1 aliphatic rings. The lowest BCUT2D eigenvalue weighted by atomic mass is 9.91. The van der Waals surface area contributed by atoms with Crippen molar-refractivity contribution in [1.82, 2.24) is 15.5 Å². The summed E-state index contributed by atoms with van der Waals surface area (Å²) < 4.78 is 0. The average molecular weight is 311 g/mol. The largest absolute Gasteiger partial charge is 0.357 e. The van der Waals surface area contributed by atoms with Gasteiger partial charge in [0, 0.05) is 32.2 Å². The number of nitrogens with zero attached hydrogens (tertiary/aromatic N) is 2. The Morgan fingerprint density at radius 1 is 1.32 bits per heavy atom. The first-order valence-corrected chi connectivity index (χ1v) is 8.41. The molecule has 0 radical (unpaired) electrons. The van der Waals surface area contributed by atoms with E-state index in [2.05, 4.69) is 43.3 Å². The topological polar surface area (TPSA) is 82.8 Å². The van der Waals surface area contributed by atoms with Crippen molar-refractivity contribution in [1.29, 1.82) is 0 Å². The van der Waals surface area contributed by atoms with E-state index < -0.39 is 0 Å². The number of hydrogen-bond donors (Lipinski definition) is 3. The van der Waals surface area contributed by atoms with Gasteiger partial charge in [-0.05, 0) is 38.0 Å². The summed E-state index contributed by atoms with van der Waals surface area (Å²) in [6, 6.07) is 0.0391. The Labute approximate surface area is 134 Å². The van der Waals surface area contributed by atoms with E-state index in [0.29, 0.717) is 11.5 Å². The van der Waals surface area contributed by atoms with Crippen LogP contribution in [0, 0.1) is 5.41 Å². The van der Waals surface area contributed by atoms with Crippen molar-refractivity contribution in [3.05, 3.63) is 0 Å². The van der Waals surface area contributed by atoms with E-state index in [9.17, 15) is 4.79 Å². The van der Waals surface area contributed by atoms with Gasteiger partial charge in [-0.15, -0.1) is 0 Å². The summed E-state index contributed by atoms with van der Waals surface area (Å²) in [5.74, 6) is 0.883. The van der Waals surface area contributed by atoms with Crippen molar-refractivity contribution in [2.24, 2.45) is 16.1 Å². The molecule has 0 bridgehead atoms. The molecule has 0 aromatic carbocycles. The molecule has 22 heavy (non-hydrogen) atoms. The number of nitrogens with two attached hydrogens (primary N) is 1. The quantitative estimate of drug-likeness (QED) is 0.412. The fourth-order valence-corrected chi connectivity index (χ4v) is 2.56. The summed E-state index contributed by atoms with van der Waals surface area (Å²) in [6.45, 7) is 12.0. The molecule has 0 aliphatic carbocycles. The molecular weight excluding hydrogens is 278 g/mol. The van der Waals surface area contributed by atoms with E-state index >= 15 is 0 Å². The van der Waals surface area contributed by atoms with Crippen molar-refractivity contribution >= 4 is 12.0 Å². The third-order valence-corrected chi connectivity index (χ3v) is 3.85. The zero-order chi connectivity index (χ0) is 16.6. The molecule has 0 aromatic heterocycles. The zero-order valence-corrected chi connectivity index (χ0v) is 14.6. The molecule has 128 valence electrons. The van der Waals surface area contributed by atoms with Gasteiger partial charge in [-0.3, -0.25) is 4.99 Å². The highest BCUT2D eigenvalue weighted by Crippen LogP contribution is 2.20. The highest BCUT2D eigenvalue weighted by molar-refractivity contribution is 5.80. The van der Waals surface area contributed by atoms with E-state index in [1.54, 1.807) is 4.90 Å². The summed E-state index contributed by atoms with van der Waals surface area (Å²) in [7, 11) is 0. The van der Waals surface area contributed by atoms with Crippen LogP contribution in [0.4, 0.5) is 4.79 Å². The summed E-state index contributed by atoms with van der Waals surface area (Å²) in [6.07, 6.45) is 4.10. The molecule has 4 N–H and O–H groups in total. The van der Waals surface area contributed by atoms with E-state index in [4.69, 9.17) is 5.73 Å². The molecule has 0 aromatic rings. The summed E-state index contributed by atoms with van der Waals surface area (Å²) in [5.41, 5.74) is 5.67. The van der Waals surface area contributed by atoms with E-state index in [1.165, 1.54) is 6.42 Å². The van der Waals surface area contributed by atoms with Crippen LogP contribution >= 0.6 is 0 Å². The summed E-state index contributed by atoms with van der Waals surface area (Å²) >= 11 is 0. The Bertz CT molecular complexity index is 367. The Kier molecular flexibility index (Phi) is 7.48. The van der Waals surface area contributed by atoms with Gasteiger partial charge in [-0.1, -0.05) is 20.8 Å². The van der Waals surface area contributed by atoms with Crippen LogP contribution in [-0.2, 0) is 0 Å². The van der Waals surface area contributed by atoms with Gasteiger partial charge in [0.05, 0.1) is 0 Å². The first-order valence-electron chi connectivity index (χ1n) is 8.41. The van der Waals surface area contributed by atoms with Crippen LogP contribution in [0.15, 0.2) is 4.99 Å². The van der Waals surface area contributed by atoms with Gasteiger partial charge in [-0.25, -0.2) is 4.79 Å². The molecule has 1 fully saturated rings. The number of primary amides is 1. The Hall–Kier alpha value is -1.46. The molecule has 0 atom stereocenters. The number of aliphatic imine (C=N–C) groups is 1. The molecule has 1 rings (SSSR count). The van der Waals surface area contributed by atoms with Gasteiger partial charge in [0.1, 0.15) is 0 Å². The molecule has 0 spiro atoms. The molecule has 1 saturated heterocycles. The van der Waals surface area contributed by atoms with Crippen LogP contribution in [0.2, 0.25) is 0 Å². The lowest BCUT2D eigenvalue weighted by Crippen LogP contribution is -2.50. The SMILES string of the molecule is CCNC(=NCCCC(C)(C)C)NC1CCN(C(N)=O)CC1. The maximum atomic E-state index is 11.1. The van der Waals surface area contributed by atoms with Crippen LogP contribution < -0.4 is 16.4 Å². The number of guanidine groups is 1. The number of carbonyl (C=O) groups is 1. The van der Waals surface area contributed by atoms with Crippen molar-refractivity contribution in [2.75, 3.05) is 26.2 Å². The van der Waals surface area contributed by atoms with Crippen molar-refractivity contribution in [3.8, 4) is 0 Å². The Morgan fingerprint density at radius 3 is 2.45 bits per heavy atom. The van der Waals surface area contributed by atoms with E-state index in [1.807, 2.05) is 0 Å². The predicted octanol–water partition coefficient (Wildman–Crippen LogP) is 1.91. The minimum absolute atomic E-state index is 0.318. The van der Waals surface area contributed by atoms with Crippen LogP contribution in [0.1, 0.15) is 53.4 Å². The fourth-order valence-electron chi connectivity index (χ4n) is 2.56. The smallest absolute Gasteiger partial charge is 0.314 e. The minimum Gasteiger partial charge on any atom is -0.357 e. The Morgan fingerprint density at radius 2 is 1.95 bits per heavy atom. The number of urea groups is 1. The molecule has 6 nitrogen and oxygen atoms in total. The second-order valence-corrected chi connectivity index (χ2v) is 7.17. The lowest BCUT2D eigenvalue weighted by Gasteiger charge is -2.32. The van der Waals surface area contributed by atoms with Crippen LogP contribution in [0.5, 0.6) is 0 Å². The maximum absolute atomic E-state index is 11.1. The highest BCUT2D eigenvalue weighted by Gasteiger charge is 2.21. The number of nitrogens with one attached hydrogen (secondary N) is 2. The van der Waals surface area contributed by atoms with Crippen LogP contribution in [0.25, 0.3) is 0 Å². The summed E-state index contributed by atoms with van der Waals surface area (Å²) in [4.78, 5) is 17.5. The third-order valence-electron chi connectivity index (χ3n) is 3.85. The number of piperidine rings is 1. The fraction of sp³-hybridized carbons (Fsp3) is 0.875. The van der Waals surface area contributed by atoms with Gasteiger partial charge in [0.25, 0.3) is 0 Å². The van der Waals surface area contributed by atoms with Gasteiger partial charge in [0.15, 0.2) is 5.96 Å². The molecule has 6 heteroatoms. The van der Waals surface area contributed by atoms with Gasteiger partial charge in [0.2, 0.25) is 0 Å².